The number of anilines is 2. The smallest absolute Gasteiger partial charge is 0.337 e. The normalized spacial score (nSPS) is 10.4. The number of carboxylic acid groups (broad SMARTS) is 1. The maximum absolute atomic E-state index is 11.0. The van der Waals surface area contributed by atoms with Crippen LogP contribution in [-0.4, -0.2) is 27.2 Å². The van der Waals surface area contributed by atoms with Gasteiger partial charge in [0.25, 0.3) is 0 Å². The van der Waals surface area contributed by atoms with E-state index >= 15 is 0 Å². The summed E-state index contributed by atoms with van der Waals surface area (Å²) in [6.45, 7) is 0.637. The van der Waals surface area contributed by atoms with Gasteiger partial charge in [0, 0.05) is 32.4 Å². The molecule has 0 amide bonds. The van der Waals surface area contributed by atoms with Gasteiger partial charge in [0.15, 0.2) is 0 Å². The van der Waals surface area contributed by atoms with Crippen LogP contribution < -0.4 is 11.1 Å². The molecule has 0 aliphatic heterocycles. The number of aromatic carboxylic acids is 1. The van der Waals surface area contributed by atoms with E-state index in [0.29, 0.717) is 12.2 Å². The number of aryl methyl sites for hydroxylation is 1. The van der Waals surface area contributed by atoms with Crippen molar-refractivity contribution in [3.8, 4) is 0 Å². The molecule has 1 aromatic heterocycles. The highest BCUT2D eigenvalue weighted by atomic mass is 16.4. The van der Waals surface area contributed by atoms with Crippen molar-refractivity contribution in [2.45, 2.75) is 6.42 Å². The van der Waals surface area contributed by atoms with Gasteiger partial charge in [-0.25, -0.2) is 9.78 Å². The van der Waals surface area contributed by atoms with Gasteiger partial charge in [0.1, 0.15) is 5.82 Å². The zero-order valence-corrected chi connectivity index (χ0v) is 10.6. The molecule has 0 saturated carbocycles. The summed E-state index contributed by atoms with van der Waals surface area (Å²) in [7, 11) is 1.93. The van der Waals surface area contributed by atoms with E-state index in [1.807, 2.05) is 17.8 Å². The van der Waals surface area contributed by atoms with Crippen LogP contribution in [0.4, 0.5) is 11.4 Å². The summed E-state index contributed by atoms with van der Waals surface area (Å²) in [5.41, 5.74) is 6.81. The van der Waals surface area contributed by atoms with Crippen LogP contribution in [0.3, 0.4) is 0 Å². The molecule has 0 radical (unpaired) electrons. The number of carbonyl (C=O) groups is 1. The number of imidazole rings is 1. The lowest BCUT2D eigenvalue weighted by atomic mass is 10.1. The number of para-hydroxylation sites is 1. The van der Waals surface area contributed by atoms with Crippen molar-refractivity contribution in [1.82, 2.24) is 9.55 Å². The largest absolute Gasteiger partial charge is 0.478 e. The molecule has 0 aliphatic carbocycles. The number of rotatable bonds is 5. The summed E-state index contributed by atoms with van der Waals surface area (Å²) in [4.78, 5) is 15.2. The summed E-state index contributed by atoms with van der Waals surface area (Å²) >= 11 is 0. The molecule has 6 heteroatoms. The zero-order chi connectivity index (χ0) is 13.8. The van der Waals surface area contributed by atoms with E-state index in [0.717, 1.165) is 12.2 Å². The second kappa shape index (κ2) is 5.43. The summed E-state index contributed by atoms with van der Waals surface area (Å²) in [6.07, 6.45) is 4.36. The minimum atomic E-state index is -1.02. The molecular weight excluding hydrogens is 244 g/mol. The summed E-state index contributed by atoms with van der Waals surface area (Å²) in [6, 6.07) is 4.92. The first kappa shape index (κ1) is 12.9. The van der Waals surface area contributed by atoms with Gasteiger partial charge in [-0.15, -0.1) is 0 Å². The number of nitrogen functional groups attached to an aromatic ring is 1. The van der Waals surface area contributed by atoms with Crippen LogP contribution in [0.25, 0.3) is 0 Å². The monoisotopic (exact) mass is 260 g/mol. The predicted octanol–water partition coefficient (Wildman–Crippen LogP) is 1.36. The van der Waals surface area contributed by atoms with Crippen molar-refractivity contribution in [2.24, 2.45) is 7.05 Å². The Kier molecular flexibility index (Phi) is 3.70. The molecule has 2 rings (SSSR count). The minimum absolute atomic E-state index is 0.113. The third kappa shape index (κ3) is 2.85. The number of hydrogen-bond donors (Lipinski definition) is 3. The molecular formula is C13H16N4O2. The van der Waals surface area contributed by atoms with Crippen molar-refractivity contribution in [2.75, 3.05) is 17.6 Å². The quantitative estimate of drug-likeness (QED) is 0.706. The zero-order valence-electron chi connectivity index (χ0n) is 10.6. The number of aromatic nitrogens is 2. The molecule has 19 heavy (non-hydrogen) atoms. The Morgan fingerprint density at radius 1 is 1.53 bits per heavy atom. The molecule has 0 atom stereocenters. The standard InChI is InChI=1S/C13H16N4O2/c1-17-8-7-16-11(17)5-6-15-10-4-2-3-9(12(10)14)13(18)19/h2-4,7-8,15H,5-6,14H2,1H3,(H,18,19). The van der Waals surface area contributed by atoms with Crippen LogP contribution in [0.15, 0.2) is 30.6 Å². The van der Waals surface area contributed by atoms with E-state index in [1.54, 1.807) is 18.3 Å². The molecule has 1 aromatic carbocycles. The van der Waals surface area contributed by atoms with E-state index in [1.165, 1.54) is 6.07 Å². The lowest BCUT2D eigenvalue weighted by Gasteiger charge is -2.11. The molecule has 0 unspecified atom stereocenters. The van der Waals surface area contributed by atoms with Gasteiger partial charge in [-0.2, -0.15) is 0 Å². The lowest BCUT2D eigenvalue weighted by Crippen LogP contribution is -2.11. The Morgan fingerprint density at radius 2 is 2.32 bits per heavy atom. The Balaban J connectivity index is 2.02. The van der Waals surface area contributed by atoms with E-state index in [9.17, 15) is 4.79 Å². The van der Waals surface area contributed by atoms with Gasteiger partial charge in [-0.1, -0.05) is 6.07 Å². The Bertz CT molecular complexity index is 592. The number of benzene rings is 1. The SMILES string of the molecule is Cn1ccnc1CCNc1cccc(C(=O)O)c1N. The van der Waals surface area contributed by atoms with E-state index in [-0.39, 0.29) is 11.3 Å². The van der Waals surface area contributed by atoms with Gasteiger partial charge < -0.3 is 20.7 Å². The average molecular weight is 260 g/mol. The van der Waals surface area contributed by atoms with E-state index in [4.69, 9.17) is 10.8 Å². The Labute approximate surface area is 110 Å². The molecule has 6 nitrogen and oxygen atoms in total. The van der Waals surface area contributed by atoms with Crippen LogP contribution in [0.5, 0.6) is 0 Å². The van der Waals surface area contributed by atoms with Gasteiger partial charge in [-0.05, 0) is 12.1 Å². The molecule has 1 heterocycles. The lowest BCUT2D eigenvalue weighted by molar-refractivity contribution is 0.0698. The van der Waals surface area contributed by atoms with Gasteiger partial charge in [0.2, 0.25) is 0 Å². The predicted molar refractivity (Wildman–Crippen MR) is 73.2 cm³/mol. The van der Waals surface area contributed by atoms with Crippen LogP contribution in [0.1, 0.15) is 16.2 Å². The topological polar surface area (TPSA) is 93.2 Å². The van der Waals surface area contributed by atoms with Gasteiger partial charge in [0.05, 0.1) is 16.9 Å². The van der Waals surface area contributed by atoms with Crippen molar-refractivity contribution < 1.29 is 9.90 Å². The number of nitrogens with one attached hydrogen (secondary N) is 1. The first-order valence-corrected chi connectivity index (χ1v) is 5.91. The van der Waals surface area contributed by atoms with Crippen LogP contribution >= 0.6 is 0 Å². The maximum Gasteiger partial charge on any atom is 0.337 e. The molecule has 0 bridgehead atoms. The minimum Gasteiger partial charge on any atom is -0.478 e. The van der Waals surface area contributed by atoms with E-state index in [2.05, 4.69) is 10.3 Å². The highest BCUT2D eigenvalue weighted by molar-refractivity contribution is 5.97. The van der Waals surface area contributed by atoms with Crippen LogP contribution in [0.2, 0.25) is 0 Å². The fourth-order valence-electron chi connectivity index (χ4n) is 1.85. The number of nitrogens with zero attached hydrogens (tertiary/aromatic N) is 2. The second-order valence-corrected chi connectivity index (χ2v) is 4.20. The van der Waals surface area contributed by atoms with Crippen molar-refractivity contribution >= 4 is 17.3 Å². The molecule has 2 aromatic rings. The van der Waals surface area contributed by atoms with Gasteiger partial charge >= 0.3 is 5.97 Å². The summed E-state index contributed by atoms with van der Waals surface area (Å²) in [5, 5.41) is 12.1. The number of hydrogen-bond acceptors (Lipinski definition) is 4. The van der Waals surface area contributed by atoms with Crippen LogP contribution in [0, 0.1) is 0 Å². The summed E-state index contributed by atoms with van der Waals surface area (Å²) in [5.74, 6) is -0.0642. The molecule has 4 N–H and O–H groups in total. The molecule has 0 fully saturated rings. The maximum atomic E-state index is 11.0. The Hall–Kier alpha value is -2.50. The van der Waals surface area contributed by atoms with Crippen molar-refractivity contribution in [3.63, 3.8) is 0 Å². The first-order valence-electron chi connectivity index (χ1n) is 5.91. The van der Waals surface area contributed by atoms with Crippen molar-refractivity contribution in [1.29, 1.82) is 0 Å². The van der Waals surface area contributed by atoms with Gasteiger partial charge in [-0.3, -0.25) is 0 Å². The fourth-order valence-corrected chi connectivity index (χ4v) is 1.85. The fraction of sp³-hybridized carbons (Fsp3) is 0.231. The Morgan fingerprint density at radius 3 is 2.95 bits per heavy atom. The highest BCUT2D eigenvalue weighted by Gasteiger charge is 2.10. The number of carboxylic acids is 1. The molecule has 0 aliphatic rings. The van der Waals surface area contributed by atoms with Crippen LogP contribution in [-0.2, 0) is 13.5 Å². The molecule has 100 valence electrons. The highest BCUT2D eigenvalue weighted by Crippen LogP contribution is 2.22. The van der Waals surface area contributed by atoms with Crippen molar-refractivity contribution in [3.05, 3.63) is 42.0 Å². The molecule has 0 spiro atoms. The molecule has 0 saturated heterocycles. The average Bonchev–Trinajstić information content (AvgIpc) is 2.77. The second-order valence-electron chi connectivity index (χ2n) is 4.20. The number of nitrogens with two attached hydrogens (primary N) is 1. The first-order chi connectivity index (χ1) is 9.09. The third-order valence-electron chi connectivity index (χ3n) is 2.92. The third-order valence-corrected chi connectivity index (χ3v) is 2.92. The van der Waals surface area contributed by atoms with E-state index < -0.39 is 5.97 Å². The summed E-state index contributed by atoms with van der Waals surface area (Å²) < 4.78 is 1.94.